The number of anilines is 1. The van der Waals surface area contributed by atoms with Crippen molar-refractivity contribution in [2.45, 2.75) is 5.25 Å². The van der Waals surface area contributed by atoms with Crippen LogP contribution in [0.2, 0.25) is 10.0 Å². The van der Waals surface area contributed by atoms with E-state index in [0.717, 1.165) is 33.6 Å². The Labute approximate surface area is 127 Å². The van der Waals surface area contributed by atoms with Gasteiger partial charge < -0.3 is 5.32 Å². The molecule has 19 heavy (non-hydrogen) atoms. The van der Waals surface area contributed by atoms with E-state index in [1.807, 2.05) is 48.2 Å². The number of hydrogen-bond acceptors (Lipinski definition) is 2. The number of rotatable bonds is 1. The lowest BCUT2D eigenvalue weighted by atomic mass is 10.0. The van der Waals surface area contributed by atoms with Crippen LogP contribution in [0.15, 0.2) is 42.5 Å². The maximum absolute atomic E-state index is 6.35. The number of fused-ring (bicyclic) bond motifs is 1. The van der Waals surface area contributed by atoms with Crippen LogP contribution in [-0.2, 0) is 0 Å². The molecule has 1 aliphatic rings. The van der Waals surface area contributed by atoms with Crippen LogP contribution in [0.4, 0.5) is 5.69 Å². The minimum atomic E-state index is 0.234. The lowest BCUT2D eigenvalue weighted by Crippen LogP contribution is -2.02. The average Bonchev–Trinajstić information content (AvgIpc) is 2.61. The van der Waals surface area contributed by atoms with Crippen LogP contribution < -0.4 is 5.32 Å². The van der Waals surface area contributed by atoms with Crippen molar-refractivity contribution in [2.24, 2.45) is 0 Å². The van der Waals surface area contributed by atoms with Crippen LogP contribution >= 0.6 is 35.0 Å². The van der Waals surface area contributed by atoms with Crippen molar-refractivity contribution in [1.29, 1.82) is 0 Å². The van der Waals surface area contributed by atoms with Gasteiger partial charge in [-0.05, 0) is 35.4 Å². The highest BCUT2D eigenvalue weighted by Gasteiger charge is 2.22. The summed E-state index contributed by atoms with van der Waals surface area (Å²) in [5.41, 5.74) is 3.52. The van der Waals surface area contributed by atoms with E-state index in [1.165, 1.54) is 5.56 Å². The Morgan fingerprint density at radius 3 is 2.74 bits per heavy atom. The lowest BCUT2D eigenvalue weighted by molar-refractivity contribution is 1.16. The van der Waals surface area contributed by atoms with Gasteiger partial charge in [-0.15, -0.1) is 11.8 Å². The van der Waals surface area contributed by atoms with E-state index in [9.17, 15) is 0 Å². The monoisotopic (exact) mass is 309 g/mol. The van der Waals surface area contributed by atoms with E-state index in [1.54, 1.807) is 0 Å². The fourth-order valence-corrected chi connectivity index (χ4v) is 4.01. The number of thioether (sulfide) groups is 1. The molecule has 0 spiro atoms. The van der Waals surface area contributed by atoms with Crippen molar-refractivity contribution < 1.29 is 0 Å². The standard InChI is InChI=1S/C15H13Cl2NS/c16-10-5-6-14-12(9-10)15(19-8-7-18-14)11-3-1-2-4-13(11)17/h1-6,9,15,18H,7-8H2. The van der Waals surface area contributed by atoms with Gasteiger partial charge in [0.25, 0.3) is 0 Å². The van der Waals surface area contributed by atoms with Crippen LogP contribution in [0.25, 0.3) is 0 Å². The van der Waals surface area contributed by atoms with Gasteiger partial charge in [-0.1, -0.05) is 41.4 Å². The summed E-state index contributed by atoms with van der Waals surface area (Å²) >= 11 is 14.4. The molecule has 0 saturated carbocycles. The van der Waals surface area contributed by atoms with E-state index in [4.69, 9.17) is 23.2 Å². The molecule has 0 radical (unpaired) electrons. The Hall–Kier alpha value is -0.830. The number of hydrogen-bond donors (Lipinski definition) is 1. The highest BCUT2D eigenvalue weighted by Crippen LogP contribution is 2.44. The highest BCUT2D eigenvalue weighted by atomic mass is 35.5. The molecule has 0 fully saturated rings. The SMILES string of the molecule is Clc1ccc2c(c1)C(c1ccccc1Cl)SCCN2. The van der Waals surface area contributed by atoms with Crippen LogP contribution in [-0.4, -0.2) is 12.3 Å². The van der Waals surface area contributed by atoms with Gasteiger partial charge >= 0.3 is 0 Å². The summed E-state index contributed by atoms with van der Waals surface area (Å²) in [6.07, 6.45) is 0. The van der Waals surface area contributed by atoms with Crippen molar-refractivity contribution in [3.8, 4) is 0 Å². The number of benzene rings is 2. The maximum atomic E-state index is 6.35. The van der Waals surface area contributed by atoms with Crippen molar-refractivity contribution in [3.63, 3.8) is 0 Å². The zero-order valence-corrected chi connectivity index (χ0v) is 12.5. The molecule has 1 unspecified atom stereocenters. The Balaban J connectivity index is 2.12. The molecular weight excluding hydrogens is 297 g/mol. The van der Waals surface area contributed by atoms with Crippen LogP contribution in [0.1, 0.15) is 16.4 Å². The van der Waals surface area contributed by atoms with Crippen LogP contribution in [0.3, 0.4) is 0 Å². The van der Waals surface area contributed by atoms with Crippen molar-refractivity contribution in [1.82, 2.24) is 0 Å². The van der Waals surface area contributed by atoms with Crippen LogP contribution in [0.5, 0.6) is 0 Å². The van der Waals surface area contributed by atoms with Crippen LogP contribution in [0, 0.1) is 0 Å². The summed E-state index contributed by atoms with van der Waals surface area (Å²) in [4.78, 5) is 0. The zero-order chi connectivity index (χ0) is 13.2. The van der Waals surface area contributed by atoms with Gasteiger partial charge in [0.15, 0.2) is 0 Å². The Morgan fingerprint density at radius 2 is 1.89 bits per heavy atom. The molecule has 2 aromatic carbocycles. The Kier molecular flexibility index (Phi) is 3.92. The molecular formula is C15H13Cl2NS. The average molecular weight is 310 g/mol. The number of halogens is 2. The molecule has 0 aromatic heterocycles. The summed E-state index contributed by atoms with van der Waals surface area (Å²) < 4.78 is 0. The summed E-state index contributed by atoms with van der Waals surface area (Å²) in [5.74, 6) is 1.04. The second-order valence-electron chi connectivity index (χ2n) is 4.43. The second kappa shape index (κ2) is 5.66. The molecule has 1 nitrogen and oxygen atoms in total. The molecule has 0 saturated heterocycles. The largest absolute Gasteiger partial charge is 0.384 e. The van der Waals surface area contributed by atoms with Crippen molar-refractivity contribution in [3.05, 3.63) is 63.6 Å². The van der Waals surface area contributed by atoms with Gasteiger partial charge in [-0.25, -0.2) is 0 Å². The van der Waals surface area contributed by atoms with Gasteiger partial charge in [-0.3, -0.25) is 0 Å². The minimum absolute atomic E-state index is 0.234. The van der Waals surface area contributed by atoms with E-state index >= 15 is 0 Å². The summed E-state index contributed by atoms with van der Waals surface area (Å²) in [7, 11) is 0. The Bertz CT molecular complexity index is 600. The van der Waals surface area contributed by atoms with Crippen molar-refractivity contribution in [2.75, 3.05) is 17.6 Å². The second-order valence-corrected chi connectivity index (χ2v) is 6.49. The fourth-order valence-electron chi connectivity index (χ4n) is 2.31. The topological polar surface area (TPSA) is 12.0 Å². The van der Waals surface area contributed by atoms with E-state index in [0.29, 0.717) is 0 Å². The summed E-state index contributed by atoms with van der Waals surface area (Å²) in [5, 5.41) is 5.26. The Morgan fingerprint density at radius 1 is 1.05 bits per heavy atom. The molecule has 3 rings (SSSR count). The van der Waals surface area contributed by atoms with Gasteiger partial charge in [-0.2, -0.15) is 0 Å². The third kappa shape index (κ3) is 2.71. The van der Waals surface area contributed by atoms with E-state index in [-0.39, 0.29) is 5.25 Å². The molecule has 4 heteroatoms. The molecule has 1 heterocycles. The third-order valence-electron chi connectivity index (χ3n) is 3.19. The third-order valence-corrected chi connectivity index (χ3v) is 5.05. The predicted octanol–water partition coefficient (Wildman–Crippen LogP) is 5.24. The first-order valence-corrected chi connectivity index (χ1v) is 7.95. The fraction of sp³-hybridized carbons (Fsp3) is 0.200. The first kappa shape index (κ1) is 13.2. The van der Waals surface area contributed by atoms with Gasteiger partial charge in [0.05, 0.1) is 5.25 Å². The molecule has 1 N–H and O–H groups in total. The normalized spacial score (nSPS) is 18.3. The molecule has 1 atom stereocenters. The first-order chi connectivity index (χ1) is 9.25. The minimum Gasteiger partial charge on any atom is -0.384 e. The smallest absolute Gasteiger partial charge is 0.0582 e. The zero-order valence-electron chi connectivity index (χ0n) is 10.2. The predicted molar refractivity (Wildman–Crippen MR) is 85.7 cm³/mol. The molecule has 0 amide bonds. The van der Waals surface area contributed by atoms with Crippen molar-refractivity contribution >= 4 is 40.7 Å². The van der Waals surface area contributed by atoms with Gasteiger partial charge in [0.2, 0.25) is 0 Å². The molecule has 98 valence electrons. The molecule has 0 bridgehead atoms. The summed E-state index contributed by atoms with van der Waals surface area (Å²) in [6, 6.07) is 14.0. The first-order valence-electron chi connectivity index (χ1n) is 6.15. The summed E-state index contributed by atoms with van der Waals surface area (Å²) in [6.45, 7) is 0.959. The lowest BCUT2D eigenvalue weighted by Gasteiger charge is -2.18. The molecule has 2 aromatic rings. The molecule has 1 aliphatic heterocycles. The number of nitrogens with one attached hydrogen (secondary N) is 1. The molecule has 0 aliphatic carbocycles. The highest BCUT2D eigenvalue weighted by molar-refractivity contribution is 7.99. The van der Waals surface area contributed by atoms with E-state index in [2.05, 4.69) is 11.4 Å². The van der Waals surface area contributed by atoms with Gasteiger partial charge in [0.1, 0.15) is 0 Å². The van der Waals surface area contributed by atoms with Gasteiger partial charge in [0, 0.05) is 28.0 Å². The van der Waals surface area contributed by atoms with E-state index < -0.39 is 0 Å². The quantitative estimate of drug-likeness (QED) is 0.773. The maximum Gasteiger partial charge on any atom is 0.0582 e.